The van der Waals surface area contributed by atoms with E-state index in [0.717, 1.165) is 55.4 Å². The fraction of sp³-hybridized carbons (Fsp3) is 0.464. The molecule has 0 aliphatic rings. The van der Waals surface area contributed by atoms with Crippen molar-refractivity contribution in [3.8, 4) is 0 Å². The van der Waals surface area contributed by atoms with Crippen LogP contribution in [0.15, 0.2) is 35.3 Å². The number of nitrogens with zero attached hydrogens (tertiary/aromatic N) is 6. The normalized spacial score (nSPS) is 12.3. The number of thiazole rings is 2. The van der Waals surface area contributed by atoms with E-state index in [2.05, 4.69) is 74.1 Å². The molecule has 41 heavy (non-hydrogen) atoms. The standard InChI is InChI=1S/C28H37IN6O3S2Si/c1-7-38-26(36)24-22(13-10-14-29)40-27(30-24)34(3)23-17-19(2)25(33-32-23)31-28-35(18-37-15-16-41(4,5)6)20-11-8-9-12-21(20)39-28/h8-9,11-12,17H,7,10,13-16,18H2,1-6H3. The van der Waals surface area contributed by atoms with Crippen molar-refractivity contribution in [3.05, 3.63) is 51.3 Å². The Kier molecular flexibility index (Phi) is 11.1. The van der Waals surface area contributed by atoms with Gasteiger partial charge in [-0.05, 0) is 60.9 Å². The third-order valence-corrected chi connectivity index (χ3v) is 11.0. The zero-order chi connectivity index (χ0) is 29.6. The number of benzene rings is 1. The largest absolute Gasteiger partial charge is 0.461 e. The van der Waals surface area contributed by atoms with E-state index in [0.29, 0.717) is 35.8 Å². The third kappa shape index (κ3) is 8.21. The summed E-state index contributed by atoms with van der Waals surface area (Å²) in [6, 6.07) is 11.3. The van der Waals surface area contributed by atoms with Crippen LogP contribution in [0.5, 0.6) is 0 Å². The quantitative estimate of drug-likeness (QED) is 0.0477. The number of para-hydroxylation sites is 1. The number of esters is 1. The Hall–Kier alpha value is -2.20. The summed E-state index contributed by atoms with van der Waals surface area (Å²) in [5, 5.41) is 9.64. The molecule has 4 aromatic rings. The number of rotatable bonds is 13. The van der Waals surface area contributed by atoms with E-state index < -0.39 is 8.07 Å². The van der Waals surface area contributed by atoms with Crippen LogP contribution >= 0.6 is 45.3 Å². The molecule has 4 rings (SSSR count). The van der Waals surface area contributed by atoms with E-state index in [9.17, 15) is 4.79 Å². The molecule has 0 saturated heterocycles. The topological polar surface area (TPSA) is 94.7 Å². The van der Waals surface area contributed by atoms with E-state index in [1.807, 2.05) is 37.1 Å². The first-order chi connectivity index (χ1) is 19.6. The molecule has 220 valence electrons. The zero-order valence-corrected chi connectivity index (χ0v) is 29.2. The molecule has 3 aromatic heterocycles. The van der Waals surface area contributed by atoms with Crippen LogP contribution in [0.3, 0.4) is 0 Å². The summed E-state index contributed by atoms with van der Waals surface area (Å²) in [7, 11) is 0.707. The first-order valence-corrected chi connectivity index (χ1v) is 20.5. The molecule has 0 unspecified atom stereocenters. The maximum atomic E-state index is 12.5. The van der Waals surface area contributed by atoms with Crippen LogP contribution in [0.4, 0.5) is 16.8 Å². The number of anilines is 2. The van der Waals surface area contributed by atoms with E-state index in [1.165, 1.54) is 11.3 Å². The summed E-state index contributed by atoms with van der Waals surface area (Å²) in [4.78, 5) is 25.7. The van der Waals surface area contributed by atoms with Gasteiger partial charge in [0.1, 0.15) is 6.73 Å². The second-order valence-corrected chi connectivity index (χ2v) is 19.6. The molecule has 0 spiro atoms. The van der Waals surface area contributed by atoms with Gasteiger partial charge in [0.15, 0.2) is 27.3 Å². The van der Waals surface area contributed by atoms with Gasteiger partial charge in [-0.25, -0.2) is 9.78 Å². The number of hydrogen-bond acceptors (Lipinski definition) is 10. The number of ether oxygens (including phenoxy) is 2. The average molecular weight is 725 g/mol. The van der Waals surface area contributed by atoms with Crippen LogP contribution in [0.2, 0.25) is 25.7 Å². The monoisotopic (exact) mass is 724 g/mol. The van der Waals surface area contributed by atoms with Crippen molar-refractivity contribution in [1.29, 1.82) is 0 Å². The van der Waals surface area contributed by atoms with Crippen molar-refractivity contribution < 1.29 is 14.3 Å². The molecule has 0 N–H and O–H groups in total. The van der Waals surface area contributed by atoms with Gasteiger partial charge in [0.05, 0.1) is 16.8 Å². The van der Waals surface area contributed by atoms with E-state index in [1.54, 1.807) is 18.3 Å². The molecule has 1 aromatic carbocycles. The zero-order valence-electron chi connectivity index (χ0n) is 24.4. The van der Waals surface area contributed by atoms with Crippen LogP contribution in [-0.2, 0) is 22.6 Å². The van der Waals surface area contributed by atoms with Crippen LogP contribution in [0, 0.1) is 6.92 Å². The number of fused-ring (bicyclic) bond motifs is 1. The number of carbonyl (C=O) groups excluding carboxylic acids is 1. The molecular weight excluding hydrogens is 687 g/mol. The lowest BCUT2D eigenvalue weighted by atomic mass is 10.2. The van der Waals surface area contributed by atoms with Crippen LogP contribution in [-0.4, -0.2) is 58.5 Å². The van der Waals surface area contributed by atoms with Crippen molar-refractivity contribution in [3.63, 3.8) is 0 Å². The molecule has 3 heterocycles. The summed E-state index contributed by atoms with van der Waals surface area (Å²) < 4.78 is 15.6. The van der Waals surface area contributed by atoms with Gasteiger partial charge in [-0.2, -0.15) is 4.99 Å². The maximum Gasteiger partial charge on any atom is 0.358 e. The Morgan fingerprint density at radius 2 is 1.98 bits per heavy atom. The van der Waals surface area contributed by atoms with Crippen molar-refractivity contribution in [2.45, 2.75) is 59.1 Å². The van der Waals surface area contributed by atoms with Gasteiger partial charge >= 0.3 is 5.97 Å². The third-order valence-electron chi connectivity index (χ3n) is 6.27. The Morgan fingerprint density at radius 3 is 2.68 bits per heavy atom. The highest BCUT2D eigenvalue weighted by atomic mass is 127. The van der Waals surface area contributed by atoms with Crippen molar-refractivity contribution in [2.75, 3.05) is 29.6 Å². The fourth-order valence-corrected chi connectivity index (χ4v) is 7.15. The van der Waals surface area contributed by atoms with Crippen molar-refractivity contribution in [1.82, 2.24) is 19.7 Å². The Morgan fingerprint density at radius 1 is 1.20 bits per heavy atom. The Balaban J connectivity index is 1.62. The highest BCUT2D eigenvalue weighted by Gasteiger charge is 2.22. The fourth-order valence-electron chi connectivity index (χ4n) is 3.93. The first kappa shape index (κ1) is 31.7. The highest BCUT2D eigenvalue weighted by Crippen LogP contribution is 2.32. The molecule has 0 aliphatic heterocycles. The van der Waals surface area contributed by atoms with Gasteiger partial charge in [0.2, 0.25) is 0 Å². The molecule has 0 bridgehead atoms. The molecule has 0 atom stereocenters. The second kappa shape index (κ2) is 14.3. The number of alkyl halides is 1. The minimum absolute atomic E-state index is 0.313. The van der Waals surface area contributed by atoms with Gasteiger partial charge in [-0.3, -0.25) is 4.57 Å². The molecule has 0 aliphatic carbocycles. The van der Waals surface area contributed by atoms with Crippen molar-refractivity contribution >= 4 is 86.3 Å². The number of hydrogen-bond donors (Lipinski definition) is 0. The predicted octanol–water partition coefficient (Wildman–Crippen LogP) is 7.11. The van der Waals surface area contributed by atoms with E-state index >= 15 is 0 Å². The van der Waals surface area contributed by atoms with Crippen LogP contribution in [0.25, 0.3) is 10.2 Å². The number of carbonyl (C=O) groups is 1. The second-order valence-electron chi connectivity index (χ2n) is 10.8. The summed E-state index contributed by atoms with van der Waals surface area (Å²) in [5.41, 5.74) is 2.37. The summed E-state index contributed by atoms with van der Waals surface area (Å²) in [6.45, 7) is 12.3. The number of halogens is 1. The minimum Gasteiger partial charge on any atom is -0.461 e. The van der Waals surface area contributed by atoms with Gasteiger partial charge in [0, 0.05) is 26.6 Å². The van der Waals surface area contributed by atoms with Gasteiger partial charge < -0.3 is 14.4 Å². The Bertz CT molecular complexity index is 1560. The van der Waals surface area contributed by atoms with E-state index in [-0.39, 0.29) is 5.97 Å². The van der Waals surface area contributed by atoms with Gasteiger partial charge in [-0.1, -0.05) is 65.7 Å². The lowest BCUT2D eigenvalue weighted by Crippen LogP contribution is -2.23. The molecule has 0 saturated carbocycles. The number of aromatic nitrogens is 4. The van der Waals surface area contributed by atoms with Crippen LogP contribution < -0.4 is 9.70 Å². The maximum absolute atomic E-state index is 12.5. The van der Waals surface area contributed by atoms with E-state index in [4.69, 9.17) is 14.5 Å². The molecular formula is C28H37IN6O3S2Si. The summed E-state index contributed by atoms with van der Waals surface area (Å²) in [6.07, 6.45) is 1.75. The molecule has 13 heteroatoms. The molecule has 0 fully saturated rings. The summed E-state index contributed by atoms with van der Waals surface area (Å²) in [5.74, 6) is 0.799. The van der Waals surface area contributed by atoms with Gasteiger partial charge in [0.25, 0.3) is 0 Å². The van der Waals surface area contributed by atoms with Crippen LogP contribution in [0.1, 0.15) is 34.3 Å². The average Bonchev–Trinajstić information content (AvgIpc) is 3.51. The highest BCUT2D eigenvalue weighted by molar-refractivity contribution is 14.1. The molecule has 0 amide bonds. The number of aryl methyl sites for hydroxylation is 2. The minimum atomic E-state index is -1.18. The molecule has 0 radical (unpaired) electrons. The lowest BCUT2D eigenvalue weighted by molar-refractivity contribution is 0.0519. The summed E-state index contributed by atoms with van der Waals surface area (Å²) >= 11 is 5.45. The first-order valence-electron chi connectivity index (χ1n) is 13.6. The Labute approximate surface area is 263 Å². The van der Waals surface area contributed by atoms with Crippen molar-refractivity contribution in [2.24, 2.45) is 4.99 Å². The SMILES string of the molecule is CCOC(=O)c1nc(N(C)c2cc(C)c(N=c3sc4ccccc4n3COCC[Si](C)(C)C)nn2)sc1CCCI. The predicted molar refractivity (Wildman–Crippen MR) is 179 cm³/mol. The smallest absolute Gasteiger partial charge is 0.358 e. The molecule has 9 nitrogen and oxygen atoms in total. The van der Waals surface area contributed by atoms with Gasteiger partial charge in [-0.15, -0.1) is 21.5 Å². The lowest BCUT2D eigenvalue weighted by Gasteiger charge is -2.16.